The van der Waals surface area contributed by atoms with Crippen molar-refractivity contribution in [1.29, 1.82) is 0 Å². The Morgan fingerprint density at radius 3 is 2.26 bits per heavy atom. The summed E-state index contributed by atoms with van der Waals surface area (Å²) in [6.45, 7) is -0.160. The number of nitrogens with one attached hydrogen (secondary N) is 2. The molecule has 0 saturated heterocycles. The van der Waals surface area contributed by atoms with Gasteiger partial charge in [-0.3, -0.25) is 9.59 Å². The molecule has 2 amide bonds. The number of benzene rings is 3. The Labute approximate surface area is 197 Å². The highest BCUT2D eigenvalue weighted by atomic mass is 16.5. The topological polar surface area (TPSA) is 107 Å². The minimum atomic E-state index is -0.391. The van der Waals surface area contributed by atoms with Gasteiger partial charge in [0.05, 0.1) is 33.2 Å². The van der Waals surface area contributed by atoms with Crippen LogP contribution in [-0.4, -0.2) is 46.0 Å². The van der Waals surface area contributed by atoms with Crippen molar-refractivity contribution >= 4 is 23.7 Å². The van der Waals surface area contributed by atoms with Crippen LogP contribution in [0.5, 0.6) is 23.0 Å². The van der Waals surface area contributed by atoms with E-state index in [0.717, 1.165) is 5.56 Å². The summed E-state index contributed by atoms with van der Waals surface area (Å²) in [5, 5.41) is 6.71. The molecule has 0 aromatic heterocycles. The van der Waals surface area contributed by atoms with Crippen LogP contribution in [0.1, 0.15) is 15.9 Å². The lowest BCUT2D eigenvalue weighted by molar-refractivity contribution is -0.118. The number of carbonyl (C=O) groups is 2. The van der Waals surface area contributed by atoms with E-state index in [2.05, 4.69) is 15.8 Å². The number of para-hydroxylation sites is 2. The van der Waals surface area contributed by atoms with Crippen LogP contribution < -0.4 is 29.7 Å². The Kier molecular flexibility index (Phi) is 8.45. The molecule has 3 rings (SSSR count). The lowest BCUT2D eigenvalue weighted by Crippen LogP contribution is -2.20. The first-order valence-corrected chi connectivity index (χ1v) is 10.2. The van der Waals surface area contributed by atoms with Crippen LogP contribution in [0.25, 0.3) is 0 Å². The molecule has 0 aliphatic heterocycles. The van der Waals surface area contributed by atoms with E-state index in [1.54, 1.807) is 60.7 Å². The van der Waals surface area contributed by atoms with Gasteiger partial charge in [-0.1, -0.05) is 12.1 Å². The Morgan fingerprint density at radius 2 is 1.56 bits per heavy atom. The Bertz CT molecular complexity index is 1160. The van der Waals surface area contributed by atoms with Gasteiger partial charge in [0.1, 0.15) is 11.5 Å². The molecule has 0 fully saturated rings. The minimum absolute atomic E-state index is 0.160. The van der Waals surface area contributed by atoms with Gasteiger partial charge in [-0.2, -0.15) is 5.10 Å². The number of carbonyl (C=O) groups excluding carboxylic acids is 2. The average molecular weight is 463 g/mol. The van der Waals surface area contributed by atoms with Crippen molar-refractivity contribution in [3.8, 4) is 23.0 Å². The van der Waals surface area contributed by atoms with Gasteiger partial charge in [0.25, 0.3) is 11.8 Å². The Morgan fingerprint density at radius 1 is 0.853 bits per heavy atom. The van der Waals surface area contributed by atoms with Crippen LogP contribution in [0.2, 0.25) is 0 Å². The molecule has 2 N–H and O–H groups in total. The number of methoxy groups -OCH3 is 3. The summed E-state index contributed by atoms with van der Waals surface area (Å²) in [5.74, 6) is 1.36. The summed E-state index contributed by atoms with van der Waals surface area (Å²) >= 11 is 0. The molecule has 176 valence electrons. The number of anilines is 1. The first kappa shape index (κ1) is 24.1. The molecule has 9 heteroatoms. The van der Waals surface area contributed by atoms with Crippen molar-refractivity contribution < 1.29 is 28.5 Å². The third-order valence-corrected chi connectivity index (χ3v) is 4.66. The zero-order valence-electron chi connectivity index (χ0n) is 19.0. The highest BCUT2D eigenvalue weighted by Gasteiger charge is 2.10. The van der Waals surface area contributed by atoms with E-state index in [9.17, 15) is 9.59 Å². The monoisotopic (exact) mass is 463 g/mol. The molecule has 0 heterocycles. The fourth-order valence-electron chi connectivity index (χ4n) is 2.94. The number of hydrogen-bond acceptors (Lipinski definition) is 7. The fraction of sp³-hybridized carbons (Fsp3) is 0.160. The predicted molar refractivity (Wildman–Crippen MR) is 128 cm³/mol. The van der Waals surface area contributed by atoms with Gasteiger partial charge in [-0.05, 0) is 60.2 Å². The molecule has 3 aromatic rings. The Hall–Kier alpha value is -4.53. The van der Waals surface area contributed by atoms with E-state index in [0.29, 0.717) is 34.2 Å². The van der Waals surface area contributed by atoms with Crippen molar-refractivity contribution in [2.75, 3.05) is 33.3 Å². The highest BCUT2D eigenvalue weighted by molar-refractivity contribution is 5.95. The predicted octanol–water partition coefficient (Wildman–Crippen LogP) is 3.49. The van der Waals surface area contributed by atoms with Crippen LogP contribution in [0.4, 0.5) is 5.69 Å². The highest BCUT2D eigenvalue weighted by Crippen LogP contribution is 2.27. The number of nitrogens with zero attached hydrogens (tertiary/aromatic N) is 1. The maximum atomic E-state index is 12.3. The summed E-state index contributed by atoms with van der Waals surface area (Å²) < 4.78 is 21.1. The van der Waals surface area contributed by atoms with Gasteiger partial charge >= 0.3 is 0 Å². The van der Waals surface area contributed by atoms with Gasteiger partial charge in [0.15, 0.2) is 18.1 Å². The van der Waals surface area contributed by atoms with Crippen LogP contribution in [0, 0.1) is 0 Å². The third kappa shape index (κ3) is 6.49. The largest absolute Gasteiger partial charge is 0.495 e. The zero-order valence-corrected chi connectivity index (χ0v) is 19.0. The quantitative estimate of drug-likeness (QED) is 0.352. The zero-order chi connectivity index (χ0) is 24.3. The number of amides is 2. The second-order valence-corrected chi connectivity index (χ2v) is 6.88. The van der Waals surface area contributed by atoms with Crippen molar-refractivity contribution in [2.45, 2.75) is 0 Å². The molecule has 34 heavy (non-hydrogen) atoms. The normalized spacial score (nSPS) is 10.4. The van der Waals surface area contributed by atoms with E-state index < -0.39 is 5.91 Å². The summed E-state index contributed by atoms with van der Waals surface area (Å²) in [5.41, 5.74) is 4.15. The van der Waals surface area contributed by atoms with Gasteiger partial charge in [-0.15, -0.1) is 0 Å². The molecular weight excluding hydrogens is 438 g/mol. The molecule has 0 radical (unpaired) electrons. The molecule has 3 aromatic carbocycles. The third-order valence-electron chi connectivity index (χ3n) is 4.66. The molecule has 0 unspecified atom stereocenters. The smallest absolute Gasteiger partial charge is 0.271 e. The summed E-state index contributed by atoms with van der Waals surface area (Å²) in [6, 6.07) is 18.9. The Balaban J connectivity index is 1.49. The van der Waals surface area contributed by atoms with Crippen LogP contribution in [0.3, 0.4) is 0 Å². The van der Waals surface area contributed by atoms with E-state index in [1.807, 2.05) is 6.07 Å². The van der Waals surface area contributed by atoms with E-state index in [4.69, 9.17) is 18.9 Å². The van der Waals surface area contributed by atoms with Crippen LogP contribution in [0.15, 0.2) is 71.8 Å². The molecule has 9 nitrogen and oxygen atoms in total. The molecular formula is C25H25N3O6. The number of rotatable bonds is 10. The van der Waals surface area contributed by atoms with Gasteiger partial charge in [0, 0.05) is 5.56 Å². The number of hydrogen-bond donors (Lipinski definition) is 2. The maximum absolute atomic E-state index is 12.3. The van der Waals surface area contributed by atoms with Gasteiger partial charge in [0.2, 0.25) is 0 Å². The lowest BCUT2D eigenvalue weighted by Gasteiger charge is -2.10. The maximum Gasteiger partial charge on any atom is 0.271 e. The number of hydrazone groups is 1. The molecule has 0 atom stereocenters. The second-order valence-electron chi connectivity index (χ2n) is 6.88. The lowest BCUT2D eigenvalue weighted by atomic mass is 10.2. The molecule has 0 aliphatic carbocycles. The minimum Gasteiger partial charge on any atom is -0.495 e. The molecule has 0 bridgehead atoms. The van der Waals surface area contributed by atoms with E-state index in [1.165, 1.54) is 27.5 Å². The molecule has 0 spiro atoms. The molecule has 0 aliphatic rings. The summed E-state index contributed by atoms with van der Waals surface area (Å²) in [6.07, 6.45) is 1.50. The standard InChI is InChI=1S/C25H25N3O6/c1-31-21-7-5-4-6-20(21)27-24(29)16-34-19-11-8-17(9-12-19)15-26-28-25(30)18-10-13-22(32-2)23(14-18)33-3/h4-15H,16H2,1-3H3,(H,27,29)(H,28,30)/b26-15+. The van der Waals surface area contributed by atoms with E-state index in [-0.39, 0.29) is 12.5 Å². The fourth-order valence-corrected chi connectivity index (χ4v) is 2.94. The molecule has 0 saturated carbocycles. The van der Waals surface area contributed by atoms with Crippen LogP contribution >= 0.6 is 0 Å². The van der Waals surface area contributed by atoms with Crippen molar-refractivity contribution in [3.63, 3.8) is 0 Å². The van der Waals surface area contributed by atoms with Gasteiger partial charge < -0.3 is 24.3 Å². The van der Waals surface area contributed by atoms with Crippen molar-refractivity contribution in [3.05, 3.63) is 77.9 Å². The summed E-state index contributed by atoms with van der Waals surface area (Å²) in [7, 11) is 4.56. The first-order valence-electron chi connectivity index (χ1n) is 10.2. The van der Waals surface area contributed by atoms with Crippen LogP contribution in [-0.2, 0) is 4.79 Å². The second kappa shape index (κ2) is 11.9. The van der Waals surface area contributed by atoms with Crippen molar-refractivity contribution in [2.24, 2.45) is 5.10 Å². The average Bonchev–Trinajstić information content (AvgIpc) is 2.88. The van der Waals surface area contributed by atoms with E-state index >= 15 is 0 Å². The first-order chi connectivity index (χ1) is 16.5. The summed E-state index contributed by atoms with van der Waals surface area (Å²) in [4.78, 5) is 24.4. The van der Waals surface area contributed by atoms with Crippen molar-refractivity contribution in [1.82, 2.24) is 5.43 Å². The number of ether oxygens (including phenoxy) is 4. The van der Waals surface area contributed by atoms with Gasteiger partial charge in [-0.25, -0.2) is 5.43 Å². The SMILES string of the molecule is COc1ccccc1NC(=O)COc1ccc(/C=N/NC(=O)c2ccc(OC)c(OC)c2)cc1.